The van der Waals surface area contributed by atoms with Crippen LogP contribution in [-0.2, 0) is 0 Å². The molecule has 1 fully saturated rings. The zero-order valence-electron chi connectivity index (χ0n) is 13.5. The number of alkyl halides is 3. The Morgan fingerprint density at radius 2 is 1.93 bits per heavy atom. The van der Waals surface area contributed by atoms with E-state index in [0.717, 1.165) is 6.20 Å². The lowest BCUT2D eigenvalue weighted by molar-refractivity contribution is -0.287. The standard InChI is InChI=1S/C17H13ClF3N3O3/c18-11-6-2-1-5-10(11)13-12(14(25)9-4-3-7-22-8-9)16(27,17(19,20)21)24-15(26)23-13/h1-8,12-13,27H,(H2,23,24,26)/t12-,13-,16-/m1/s1. The Bertz CT molecular complexity index is 878. The van der Waals surface area contributed by atoms with Crippen LogP contribution in [0.15, 0.2) is 48.8 Å². The monoisotopic (exact) mass is 399 g/mol. The highest BCUT2D eigenvalue weighted by molar-refractivity contribution is 6.31. The van der Waals surface area contributed by atoms with Crippen molar-refractivity contribution in [2.24, 2.45) is 5.92 Å². The van der Waals surface area contributed by atoms with Crippen LogP contribution in [0.25, 0.3) is 0 Å². The summed E-state index contributed by atoms with van der Waals surface area (Å²) in [7, 11) is 0. The van der Waals surface area contributed by atoms with Crippen molar-refractivity contribution in [2.45, 2.75) is 17.9 Å². The maximum absolute atomic E-state index is 13.7. The van der Waals surface area contributed by atoms with Crippen LogP contribution in [0.3, 0.4) is 0 Å². The molecule has 0 bridgehead atoms. The van der Waals surface area contributed by atoms with Crippen molar-refractivity contribution >= 4 is 23.4 Å². The summed E-state index contributed by atoms with van der Waals surface area (Å²) in [5, 5.41) is 14.2. The summed E-state index contributed by atoms with van der Waals surface area (Å²) >= 11 is 6.07. The first-order valence-corrected chi connectivity index (χ1v) is 8.09. The molecule has 1 aliphatic heterocycles. The van der Waals surface area contributed by atoms with Gasteiger partial charge in [-0.2, -0.15) is 13.2 Å². The summed E-state index contributed by atoms with van der Waals surface area (Å²) in [4.78, 5) is 28.5. The second-order valence-electron chi connectivity index (χ2n) is 5.95. The average molecular weight is 400 g/mol. The Morgan fingerprint density at radius 1 is 1.22 bits per heavy atom. The van der Waals surface area contributed by atoms with Gasteiger partial charge in [-0.05, 0) is 23.8 Å². The molecule has 27 heavy (non-hydrogen) atoms. The predicted octanol–water partition coefficient (Wildman–Crippen LogP) is 2.84. The van der Waals surface area contributed by atoms with Gasteiger partial charge in [0, 0.05) is 23.0 Å². The van der Waals surface area contributed by atoms with E-state index >= 15 is 0 Å². The highest BCUT2D eigenvalue weighted by atomic mass is 35.5. The minimum absolute atomic E-state index is 0.0400. The van der Waals surface area contributed by atoms with Gasteiger partial charge in [0.25, 0.3) is 0 Å². The number of urea groups is 1. The molecule has 2 amide bonds. The van der Waals surface area contributed by atoms with Crippen molar-refractivity contribution in [2.75, 3.05) is 0 Å². The molecule has 0 saturated carbocycles. The zero-order valence-corrected chi connectivity index (χ0v) is 14.3. The van der Waals surface area contributed by atoms with Crippen LogP contribution in [0.4, 0.5) is 18.0 Å². The van der Waals surface area contributed by atoms with E-state index in [1.807, 2.05) is 0 Å². The Hall–Kier alpha value is -2.65. The minimum Gasteiger partial charge on any atom is -0.363 e. The van der Waals surface area contributed by atoms with Crippen LogP contribution in [0.1, 0.15) is 22.0 Å². The number of rotatable bonds is 3. The second kappa shape index (κ2) is 6.82. The van der Waals surface area contributed by atoms with E-state index < -0.39 is 35.7 Å². The Balaban J connectivity index is 2.19. The molecule has 6 nitrogen and oxygen atoms in total. The maximum Gasteiger partial charge on any atom is 0.437 e. The summed E-state index contributed by atoms with van der Waals surface area (Å²) in [5.41, 5.74) is -3.88. The third-order valence-electron chi connectivity index (χ3n) is 4.28. The van der Waals surface area contributed by atoms with E-state index in [0.29, 0.717) is 0 Å². The van der Waals surface area contributed by atoms with Gasteiger partial charge in [0.05, 0.1) is 6.04 Å². The van der Waals surface area contributed by atoms with Gasteiger partial charge in [-0.1, -0.05) is 29.8 Å². The number of ketones is 1. The van der Waals surface area contributed by atoms with Gasteiger partial charge >= 0.3 is 12.2 Å². The first-order valence-electron chi connectivity index (χ1n) is 7.71. The van der Waals surface area contributed by atoms with Crippen molar-refractivity contribution in [3.63, 3.8) is 0 Å². The summed E-state index contributed by atoms with van der Waals surface area (Å²) in [6.07, 6.45) is -2.90. The van der Waals surface area contributed by atoms with E-state index in [1.165, 1.54) is 41.8 Å². The van der Waals surface area contributed by atoms with E-state index in [-0.39, 0.29) is 16.1 Å². The van der Waals surface area contributed by atoms with Crippen LogP contribution in [0, 0.1) is 5.92 Å². The lowest BCUT2D eigenvalue weighted by Gasteiger charge is -2.45. The molecule has 1 aromatic heterocycles. The third-order valence-corrected chi connectivity index (χ3v) is 4.62. The van der Waals surface area contributed by atoms with Crippen LogP contribution < -0.4 is 10.6 Å². The lowest BCUT2D eigenvalue weighted by Crippen LogP contribution is -2.72. The van der Waals surface area contributed by atoms with Crippen LogP contribution in [0.5, 0.6) is 0 Å². The molecule has 2 aromatic rings. The van der Waals surface area contributed by atoms with Crippen LogP contribution in [0.2, 0.25) is 5.02 Å². The Kier molecular flexibility index (Phi) is 4.83. The van der Waals surface area contributed by atoms with Gasteiger partial charge < -0.3 is 15.7 Å². The first-order chi connectivity index (χ1) is 12.6. The van der Waals surface area contributed by atoms with E-state index in [2.05, 4.69) is 10.3 Å². The number of aromatic nitrogens is 1. The predicted molar refractivity (Wildman–Crippen MR) is 88.9 cm³/mol. The molecule has 2 heterocycles. The zero-order chi connectivity index (χ0) is 19.8. The maximum atomic E-state index is 13.7. The van der Waals surface area contributed by atoms with Crippen molar-refractivity contribution in [1.29, 1.82) is 0 Å². The Morgan fingerprint density at radius 3 is 2.52 bits per heavy atom. The number of hydrogen-bond acceptors (Lipinski definition) is 4. The van der Waals surface area contributed by atoms with E-state index in [4.69, 9.17) is 11.6 Å². The summed E-state index contributed by atoms with van der Waals surface area (Å²) < 4.78 is 41.2. The van der Waals surface area contributed by atoms with Gasteiger partial charge in [-0.3, -0.25) is 9.78 Å². The lowest BCUT2D eigenvalue weighted by atomic mass is 9.77. The average Bonchev–Trinajstić information content (AvgIpc) is 2.61. The largest absolute Gasteiger partial charge is 0.437 e. The molecule has 0 unspecified atom stereocenters. The van der Waals surface area contributed by atoms with Crippen molar-refractivity contribution < 1.29 is 27.9 Å². The van der Waals surface area contributed by atoms with Crippen LogP contribution >= 0.6 is 11.6 Å². The highest BCUT2D eigenvalue weighted by Crippen LogP contribution is 2.44. The molecule has 0 spiro atoms. The summed E-state index contributed by atoms with van der Waals surface area (Å²) in [6, 6.07) is 5.66. The summed E-state index contributed by atoms with van der Waals surface area (Å²) in [6.45, 7) is 0. The minimum atomic E-state index is -5.33. The SMILES string of the molecule is O=C1N[C@H](c2ccccc2Cl)[C@H](C(=O)c2cccnc2)[C@@](O)(C(F)(F)F)N1. The molecule has 1 saturated heterocycles. The number of halogens is 4. The number of nitrogens with one attached hydrogen (secondary N) is 2. The van der Waals surface area contributed by atoms with Crippen molar-refractivity contribution in [3.8, 4) is 0 Å². The fraction of sp³-hybridized carbons (Fsp3) is 0.235. The van der Waals surface area contributed by atoms with Gasteiger partial charge in [0.15, 0.2) is 5.78 Å². The number of hydrogen-bond donors (Lipinski definition) is 3. The fourth-order valence-electron chi connectivity index (χ4n) is 3.01. The van der Waals surface area contributed by atoms with Crippen LogP contribution in [-0.4, -0.2) is 33.8 Å². The normalized spacial score (nSPS) is 25.4. The van der Waals surface area contributed by atoms with Crippen molar-refractivity contribution in [3.05, 3.63) is 64.9 Å². The van der Waals surface area contributed by atoms with E-state index in [9.17, 15) is 27.9 Å². The molecule has 3 N–H and O–H groups in total. The number of carbonyl (C=O) groups is 2. The second-order valence-corrected chi connectivity index (χ2v) is 6.35. The molecular formula is C17H13ClF3N3O3. The molecule has 10 heteroatoms. The number of Topliss-reactive ketones (excluding diaryl/α,β-unsaturated/α-hetero) is 1. The van der Waals surface area contributed by atoms with E-state index in [1.54, 1.807) is 6.07 Å². The van der Waals surface area contributed by atoms with Gasteiger partial charge in [0.1, 0.15) is 5.92 Å². The molecule has 1 aliphatic rings. The molecule has 0 radical (unpaired) electrons. The molecule has 142 valence electrons. The van der Waals surface area contributed by atoms with Crippen molar-refractivity contribution in [1.82, 2.24) is 15.6 Å². The quantitative estimate of drug-likeness (QED) is 0.692. The number of carbonyl (C=O) groups excluding carboxylic acids is 2. The van der Waals surface area contributed by atoms with Gasteiger partial charge in [0.2, 0.25) is 5.72 Å². The Labute approximate surface area is 156 Å². The number of pyridine rings is 1. The molecular weight excluding hydrogens is 387 g/mol. The topological polar surface area (TPSA) is 91.3 Å². The number of amides is 2. The van der Waals surface area contributed by atoms with Gasteiger partial charge in [-0.15, -0.1) is 0 Å². The number of aliphatic hydroxyl groups is 1. The smallest absolute Gasteiger partial charge is 0.363 e. The molecule has 3 rings (SSSR count). The number of benzene rings is 1. The number of nitrogens with zero attached hydrogens (tertiary/aromatic N) is 1. The summed E-state index contributed by atoms with van der Waals surface area (Å²) in [5.74, 6) is -3.19. The fourth-order valence-corrected chi connectivity index (χ4v) is 3.27. The highest BCUT2D eigenvalue weighted by Gasteiger charge is 2.66. The van der Waals surface area contributed by atoms with Gasteiger partial charge in [-0.25, -0.2) is 4.79 Å². The molecule has 0 aliphatic carbocycles. The first kappa shape index (κ1) is 19.1. The third kappa shape index (κ3) is 3.35. The molecule has 3 atom stereocenters. The molecule has 1 aromatic carbocycles.